The summed E-state index contributed by atoms with van der Waals surface area (Å²) in [5.74, 6) is 2.30. The Labute approximate surface area is 84.2 Å². The molecular weight excluding hydrogens is 175 g/mol. The van der Waals surface area contributed by atoms with Crippen LogP contribution in [-0.2, 0) is 0 Å². The topological polar surface area (TPSA) is 0 Å². The van der Waals surface area contributed by atoms with Crippen molar-refractivity contribution in [1.29, 1.82) is 0 Å². The van der Waals surface area contributed by atoms with Crippen LogP contribution in [0.25, 0.3) is 0 Å². The van der Waals surface area contributed by atoms with Crippen molar-refractivity contribution in [3.8, 4) is 0 Å². The van der Waals surface area contributed by atoms with Crippen molar-refractivity contribution in [1.82, 2.24) is 0 Å². The molecule has 2 aliphatic rings. The summed E-state index contributed by atoms with van der Waals surface area (Å²) in [5, 5.41) is 0. The monoisotopic (exact) mass is 198 g/mol. The van der Waals surface area contributed by atoms with Gasteiger partial charge in [-0.25, -0.2) is 0 Å². The summed E-state index contributed by atoms with van der Waals surface area (Å²) in [6.07, 6.45) is 14.0. The average molecular weight is 198 g/mol. The molecule has 0 aromatic heterocycles. The Kier molecular flexibility index (Phi) is 3.66. The molecule has 2 unspecified atom stereocenters. The summed E-state index contributed by atoms with van der Waals surface area (Å²) in [4.78, 5) is 0. The first-order chi connectivity index (χ1) is 6.36. The largest absolute Gasteiger partial charge is 0.110 e. The van der Waals surface area contributed by atoms with E-state index in [1.54, 1.807) is 31.6 Å². The van der Waals surface area contributed by atoms with Gasteiger partial charge < -0.3 is 0 Å². The second-order valence-electron chi connectivity index (χ2n) is 5.06. The Hall–Kier alpha value is 0.430. The van der Waals surface area contributed by atoms with Crippen LogP contribution in [0.4, 0.5) is 0 Å². The van der Waals surface area contributed by atoms with Crippen LogP contribution in [0.15, 0.2) is 0 Å². The zero-order chi connectivity index (χ0) is 9.10. The molecule has 0 bridgehead atoms. The van der Waals surface area contributed by atoms with E-state index >= 15 is 0 Å². The summed E-state index contributed by atoms with van der Waals surface area (Å²) in [6.45, 7) is 2.53. The lowest BCUT2D eigenvalue weighted by molar-refractivity contribution is 0.208. The van der Waals surface area contributed by atoms with E-state index < -0.39 is 0 Å². The number of rotatable bonds is 1. The highest BCUT2D eigenvalue weighted by atomic mass is 31.1. The SMILES string of the molecule is CP1CCCCCC(C2CCC2)C1. The van der Waals surface area contributed by atoms with Crippen LogP contribution in [-0.4, -0.2) is 19.0 Å². The second kappa shape index (κ2) is 4.78. The maximum atomic E-state index is 2.53. The maximum absolute atomic E-state index is 2.53. The van der Waals surface area contributed by atoms with Crippen molar-refractivity contribution in [3.63, 3.8) is 0 Å². The van der Waals surface area contributed by atoms with E-state index in [0.717, 1.165) is 11.8 Å². The summed E-state index contributed by atoms with van der Waals surface area (Å²) in [5.41, 5.74) is 0. The molecule has 1 saturated carbocycles. The molecule has 1 heteroatoms. The highest BCUT2D eigenvalue weighted by Gasteiger charge is 2.28. The Bertz CT molecular complexity index is 151. The Balaban J connectivity index is 1.83. The molecule has 0 radical (unpaired) electrons. The van der Waals surface area contributed by atoms with E-state index in [1.165, 1.54) is 25.7 Å². The molecule has 1 saturated heterocycles. The summed E-state index contributed by atoms with van der Waals surface area (Å²) in [7, 11) is 0.421. The molecule has 0 aromatic carbocycles. The lowest BCUT2D eigenvalue weighted by atomic mass is 9.75. The van der Waals surface area contributed by atoms with Gasteiger partial charge in [0.1, 0.15) is 0 Å². The van der Waals surface area contributed by atoms with Crippen LogP contribution in [0.3, 0.4) is 0 Å². The molecule has 0 spiro atoms. The van der Waals surface area contributed by atoms with E-state index in [4.69, 9.17) is 0 Å². The van der Waals surface area contributed by atoms with Crippen LogP contribution in [0.2, 0.25) is 0 Å². The fraction of sp³-hybridized carbons (Fsp3) is 1.00. The Morgan fingerprint density at radius 2 is 1.62 bits per heavy atom. The standard InChI is InChI=1S/C12H23P/c1-13-9-4-2-3-6-12(10-13)11-7-5-8-11/h11-12H,2-10H2,1H3. The first-order valence-corrected chi connectivity index (χ1v) is 8.21. The molecule has 2 atom stereocenters. The van der Waals surface area contributed by atoms with Crippen molar-refractivity contribution >= 4 is 7.92 Å². The van der Waals surface area contributed by atoms with Crippen molar-refractivity contribution in [2.45, 2.75) is 44.9 Å². The minimum atomic E-state index is 0.421. The zero-order valence-corrected chi connectivity index (χ0v) is 9.86. The normalized spacial score (nSPS) is 37.6. The lowest BCUT2D eigenvalue weighted by Gasteiger charge is -2.36. The average Bonchev–Trinajstić information content (AvgIpc) is 1.95. The van der Waals surface area contributed by atoms with Crippen LogP contribution >= 0.6 is 7.92 Å². The molecule has 0 aromatic rings. The first-order valence-electron chi connectivity index (χ1n) is 6.05. The van der Waals surface area contributed by atoms with Gasteiger partial charge in [0.2, 0.25) is 0 Å². The molecule has 2 fully saturated rings. The van der Waals surface area contributed by atoms with Crippen molar-refractivity contribution < 1.29 is 0 Å². The van der Waals surface area contributed by atoms with Gasteiger partial charge in [-0.2, -0.15) is 0 Å². The van der Waals surface area contributed by atoms with Gasteiger partial charge in [-0.05, 0) is 43.7 Å². The molecule has 1 aliphatic heterocycles. The van der Waals surface area contributed by atoms with E-state index in [0.29, 0.717) is 7.92 Å². The Morgan fingerprint density at radius 1 is 0.846 bits per heavy atom. The van der Waals surface area contributed by atoms with E-state index in [-0.39, 0.29) is 0 Å². The summed E-state index contributed by atoms with van der Waals surface area (Å²) >= 11 is 0. The molecule has 2 rings (SSSR count). The molecule has 1 heterocycles. The summed E-state index contributed by atoms with van der Waals surface area (Å²) < 4.78 is 0. The van der Waals surface area contributed by atoms with Gasteiger partial charge in [0, 0.05) is 0 Å². The zero-order valence-electron chi connectivity index (χ0n) is 8.97. The fourth-order valence-corrected chi connectivity index (χ4v) is 5.07. The minimum absolute atomic E-state index is 0.421. The minimum Gasteiger partial charge on any atom is -0.110 e. The van der Waals surface area contributed by atoms with Crippen LogP contribution < -0.4 is 0 Å². The van der Waals surface area contributed by atoms with Gasteiger partial charge in [0.25, 0.3) is 0 Å². The van der Waals surface area contributed by atoms with Crippen molar-refractivity contribution in [2.24, 2.45) is 11.8 Å². The molecule has 1 aliphatic carbocycles. The van der Waals surface area contributed by atoms with Crippen molar-refractivity contribution in [3.05, 3.63) is 0 Å². The molecule has 13 heavy (non-hydrogen) atoms. The lowest BCUT2D eigenvalue weighted by Crippen LogP contribution is -2.25. The predicted molar refractivity (Wildman–Crippen MR) is 61.9 cm³/mol. The Morgan fingerprint density at radius 3 is 2.31 bits per heavy atom. The van der Waals surface area contributed by atoms with Gasteiger partial charge in [-0.1, -0.05) is 32.1 Å². The molecular formula is C12H23P. The second-order valence-corrected chi connectivity index (χ2v) is 7.59. The first kappa shape index (κ1) is 9.97. The maximum Gasteiger partial charge on any atom is -0.0297 e. The van der Waals surface area contributed by atoms with Gasteiger partial charge in [-0.15, -0.1) is 7.92 Å². The van der Waals surface area contributed by atoms with Crippen LogP contribution in [0.1, 0.15) is 44.9 Å². The third kappa shape index (κ3) is 2.69. The third-order valence-electron chi connectivity index (χ3n) is 3.98. The van der Waals surface area contributed by atoms with Gasteiger partial charge in [0.05, 0.1) is 0 Å². The van der Waals surface area contributed by atoms with Gasteiger partial charge in [-0.3, -0.25) is 0 Å². The van der Waals surface area contributed by atoms with Crippen LogP contribution in [0.5, 0.6) is 0 Å². The highest BCUT2D eigenvalue weighted by Crippen LogP contribution is 2.45. The molecule has 0 amide bonds. The molecule has 0 N–H and O–H groups in total. The quantitative estimate of drug-likeness (QED) is 0.557. The van der Waals surface area contributed by atoms with E-state index in [2.05, 4.69) is 6.66 Å². The van der Waals surface area contributed by atoms with Crippen LogP contribution in [0, 0.1) is 11.8 Å². The van der Waals surface area contributed by atoms with E-state index in [1.807, 2.05) is 0 Å². The number of hydrogen-bond donors (Lipinski definition) is 0. The van der Waals surface area contributed by atoms with Gasteiger partial charge >= 0.3 is 0 Å². The summed E-state index contributed by atoms with van der Waals surface area (Å²) in [6, 6.07) is 0. The number of hydrogen-bond acceptors (Lipinski definition) is 0. The predicted octanol–water partition coefficient (Wildman–Crippen LogP) is 4.09. The molecule has 76 valence electrons. The molecule has 0 nitrogen and oxygen atoms in total. The van der Waals surface area contributed by atoms with Gasteiger partial charge in [0.15, 0.2) is 0 Å². The third-order valence-corrected chi connectivity index (χ3v) is 6.15. The highest BCUT2D eigenvalue weighted by molar-refractivity contribution is 7.56. The van der Waals surface area contributed by atoms with E-state index in [9.17, 15) is 0 Å². The smallest absolute Gasteiger partial charge is 0.0297 e. The van der Waals surface area contributed by atoms with Crippen molar-refractivity contribution in [2.75, 3.05) is 19.0 Å². The fourth-order valence-electron chi connectivity index (χ4n) is 2.84.